The molecule has 0 aliphatic heterocycles. The molecule has 1 fully saturated rings. The Labute approximate surface area is 218 Å². The summed E-state index contributed by atoms with van der Waals surface area (Å²) in [5, 5.41) is 9.04. The van der Waals surface area contributed by atoms with Gasteiger partial charge in [-0.25, -0.2) is 9.59 Å². The summed E-state index contributed by atoms with van der Waals surface area (Å²) < 4.78 is 10.5. The number of carbonyl (C=O) groups is 2. The highest BCUT2D eigenvalue weighted by Gasteiger charge is 2.22. The summed E-state index contributed by atoms with van der Waals surface area (Å²) in [5.74, 6) is 0.800. The molecule has 0 aromatic heterocycles. The SMILES string of the molecule is C=C(C)C(=O)OCCC(CCOC(=O)C(=C)CO)Cc1ccc(C2CCC(CCCCC)CC2)cc1. The van der Waals surface area contributed by atoms with E-state index in [1.807, 2.05) is 0 Å². The molecule has 1 aromatic rings. The third kappa shape index (κ3) is 10.7. The number of ether oxygens (including phenoxy) is 2. The Morgan fingerprint density at radius 1 is 0.972 bits per heavy atom. The lowest BCUT2D eigenvalue weighted by Gasteiger charge is -2.29. The average molecular weight is 499 g/mol. The van der Waals surface area contributed by atoms with Crippen LogP contribution in [0, 0.1) is 11.8 Å². The minimum Gasteiger partial charge on any atom is -0.462 e. The van der Waals surface area contributed by atoms with E-state index < -0.39 is 12.6 Å². The smallest absolute Gasteiger partial charge is 0.335 e. The number of hydrogen-bond acceptors (Lipinski definition) is 5. The first-order valence-electron chi connectivity index (χ1n) is 13.7. The molecule has 1 aliphatic carbocycles. The van der Waals surface area contributed by atoms with E-state index >= 15 is 0 Å². The van der Waals surface area contributed by atoms with Crippen molar-refractivity contribution in [2.75, 3.05) is 19.8 Å². The van der Waals surface area contributed by atoms with Gasteiger partial charge in [-0.15, -0.1) is 0 Å². The molecule has 1 N–H and O–H groups in total. The third-order valence-corrected chi connectivity index (χ3v) is 7.38. The van der Waals surface area contributed by atoms with Crippen LogP contribution in [0.4, 0.5) is 0 Å². The van der Waals surface area contributed by atoms with Crippen molar-refractivity contribution in [1.82, 2.24) is 0 Å². The van der Waals surface area contributed by atoms with Gasteiger partial charge in [-0.05, 0) is 80.8 Å². The molecule has 1 aromatic carbocycles. The molecule has 0 saturated heterocycles. The van der Waals surface area contributed by atoms with Crippen LogP contribution in [0.3, 0.4) is 0 Å². The summed E-state index contributed by atoms with van der Waals surface area (Å²) in [6.45, 7) is 11.1. The van der Waals surface area contributed by atoms with Crippen molar-refractivity contribution in [3.8, 4) is 0 Å². The Kier molecular flexibility index (Phi) is 13.6. The molecular weight excluding hydrogens is 452 g/mol. The lowest BCUT2D eigenvalue weighted by atomic mass is 9.77. The zero-order chi connectivity index (χ0) is 26.3. The van der Waals surface area contributed by atoms with Crippen LogP contribution >= 0.6 is 0 Å². The Balaban J connectivity index is 1.88. The fourth-order valence-electron chi connectivity index (χ4n) is 5.00. The fourth-order valence-corrected chi connectivity index (χ4v) is 5.00. The monoisotopic (exact) mass is 498 g/mol. The van der Waals surface area contributed by atoms with Gasteiger partial charge in [0.25, 0.3) is 0 Å². The molecule has 5 heteroatoms. The maximum absolute atomic E-state index is 11.8. The minimum absolute atomic E-state index is 0.0486. The molecule has 0 amide bonds. The van der Waals surface area contributed by atoms with Crippen LogP contribution in [0.25, 0.3) is 0 Å². The van der Waals surface area contributed by atoms with Gasteiger partial charge in [-0.3, -0.25) is 0 Å². The van der Waals surface area contributed by atoms with Crippen LogP contribution in [-0.4, -0.2) is 36.9 Å². The number of rotatable bonds is 16. The Bertz CT molecular complexity index is 833. The highest BCUT2D eigenvalue weighted by Crippen LogP contribution is 2.38. The second-order valence-electron chi connectivity index (χ2n) is 10.4. The van der Waals surface area contributed by atoms with Crippen molar-refractivity contribution >= 4 is 11.9 Å². The molecule has 1 atom stereocenters. The quantitative estimate of drug-likeness (QED) is 0.156. The summed E-state index contributed by atoms with van der Waals surface area (Å²) in [4.78, 5) is 23.5. The molecule has 0 heterocycles. The van der Waals surface area contributed by atoms with E-state index in [9.17, 15) is 9.59 Å². The first kappa shape index (κ1) is 29.8. The van der Waals surface area contributed by atoms with Crippen LogP contribution in [0.2, 0.25) is 0 Å². The molecule has 1 saturated carbocycles. The first-order chi connectivity index (χ1) is 17.3. The Hall–Kier alpha value is -2.40. The number of hydrogen-bond donors (Lipinski definition) is 1. The van der Waals surface area contributed by atoms with Crippen LogP contribution in [-0.2, 0) is 25.5 Å². The van der Waals surface area contributed by atoms with Gasteiger partial charge in [0.2, 0.25) is 0 Å². The van der Waals surface area contributed by atoms with Crippen LogP contribution in [0.5, 0.6) is 0 Å². The highest BCUT2D eigenvalue weighted by atomic mass is 16.5. The maximum Gasteiger partial charge on any atom is 0.335 e. The van der Waals surface area contributed by atoms with E-state index in [4.69, 9.17) is 14.6 Å². The molecule has 5 nitrogen and oxygen atoms in total. The Morgan fingerprint density at radius 2 is 1.58 bits per heavy atom. The van der Waals surface area contributed by atoms with Gasteiger partial charge < -0.3 is 14.6 Å². The van der Waals surface area contributed by atoms with E-state index in [0.29, 0.717) is 30.9 Å². The predicted octanol–water partition coefficient (Wildman–Crippen LogP) is 6.69. The van der Waals surface area contributed by atoms with Gasteiger partial charge in [0.05, 0.1) is 25.4 Å². The molecule has 36 heavy (non-hydrogen) atoms. The Morgan fingerprint density at radius 3 is 2.14 bits per heavy atom. The number of benzene rings is 1. The van der Waals surface area contributed by atoms with Gasteiger partial charge in [-0.2, -0.15) is 0 Å². The molecular formula is C31H46O5. The van der Waals surface area contributed by atoms with Crippen molar-refractivity contribution in [3.63, 3.8) is 0 Å². The minimum atomic E-state index is -0.575. The molecule has 0 radical (unpaired) electrons. The highest BCUT2D eigenvalue weighted by molar-refractivity contribution is 5.88. The lowest BCUT2D eigenvalue weighted by Crippen LogP contribution is -2.17. The van der Waals surface area contributed by atoms with Gasteiger partial charge in [0.1, 0.15) is 0 Å². The molecule has 2 rings (SSSR count). The van der Waals surface area contributed by atoms with E-state index in [2.05, 4.69) is 44.3 Å². The van der Waals surface area contributed by atoms with Gasteiger partial charge in [0, 0.05) is 5.57 Å². The number of carbonyl (C=O) groups excluding carboxylic acids is 2. The zero-order valence-electron chi connectivity index (χ0n) is 22.4. The molecule has 1 unspecified atom stereocenters. The number of aliphatic hydroxyl groups excluding tert-OH is 1. The topological polar surface area (TPSA) is 72.8 Å². The van der Waals surface area contributed by atoms with Gasteiger partial charge in [0.15, 0.2) is 0 Å². The van der Waals surface area contributed by atoms with Gasteiger partial charge >= 0.3 is 11.9 Å². The average Bonchev–Trinajstić information content (AvgIpc) is 2.88. The standard InChI is InChI=1S/C31H46O5/c1-5-6-7-8-25-9-13-28(14-10-25)29-15-11-26(12-16-29)21-27(17-19-35-30(33)23(2)3)18-20-36-31(34)24(4)22-32/h11-12,15-16,25,27-28,32H,2,4-10,13-14,17-22H2,1,3H3. The molecule has 200 valence electrons. The normalized spacial score (nSPS) is 18.3. The summed E-state index contributed by atoms with van der Waals surface area (Å²) >= 11 is 0. The molecule has 1 aliphatic rings. The van der Waals surface area contributed by atoms with Crippen molar-refractivity contribution in [3.05, 3.63) is 59.7 Å². The van der Waals surface area contributed by atoms with E-state index in [-0.39, 0.29) is 24.1 Å². The lowest BCUT2D eigenvalue weighted by molar-refractivity contribution is -0.139. The molecule has 0 bridgehead atoms. The summed E-state index contributed by atoms with van der Waals surface area (Å²) in [6, 6.07) is 8.99. The van der Waals surface area contributed by atoms with Crippen molar-refractivity contribution in [1.29, 1.82) is 0 Å². The maximum atomic E-state index is 11.8. The second-order valence-corrected chi connectivity index (χ2v) is 10.4. The summed E-state index contributed by atoms with van der Waals surface area (Å²) in [6.07, 6.45) is 12.8. The summed E-state index contributed by atoms with van der Waals surface area (Å²) in [7, 11) is 0. The predicted molar refractivity (Wildman–Crippen MR) is 145 cm³/mol. The third-order valence-electron chi connectivity index (χ3n) is 7.38. The van der Waals surface area contributed by atoms with E-state index in [1.165, 1.54) is 62.5 Å². The number of aliphatic hydroxyl groups is 1. The second kappa shape index (κ2) is 16.4. The molecule has 0 spiro atoms. The largest absolute Gasteiger partial charge is 0.462 e. The summed E-state index contributed by atoms with van der Waals surface area (Å²) in [5.41, 5.74) is 3.10. The van der Waals surface area contributed by atoms with Crippen LogP contribution in [0.1, 0.15) is 95.1 Å². The number of esters is 2. The van der Waals surface area contributed by atoms with Crippen molar-refractivity contribution < 1.29 is 24.2 Å². The number of unbranched alkanes of at least 4 members (excludes halogenated alkanes) is 2. The van der Waals surface area contributed by atoms with Crippen LogP contribution < -0.4 is 0 Å². The zero-order valence-corrected chi connectivity index (χ0v) is 22.4. The van der Waals surface area contributed by atoms with Crippen LogP contribution in [0.15, 0.2) is 48.6 Å². The van der Waals surface area contributed by atoms with E-state index in [1.54, 1.807) is 6.92 Å². The fraction of sp³-hybridized carbons (Fsp3) is 0.613. The van der Waals surface area contributed by atoms with E-state index in [0.717, 1.165) is 12.3 Å². The van der Waals surface area contributed by atoms with Crippen molar-refractivity contribution in [2.45, 2.75) is 90.4 Å². The first-order valence-corrected chi connectivity index (χ1v) is 13.7. The van der Waals surface area contributed by atoms with Gasteiger partial charge in [-0.1, -0.05) is 70.0 Å². The van der Waals surface area contributed by atoms with Crippen molar-refractivity contribution in [2.24, 2.45) is 11.8 Å².